The number of carbonyl (C=O) groups excluding carboxylic acids is 1. The number of ketones is 1. The molecule has 1 heterocycles. The number of halogens is 1. The van der Waals surface area contributed by atoms with Gasteiger partial charge in [-0.1, -0.05) is 12.1 Å². The fraction of sp³-hybridized carbons (Fsp3) is 0.0833. The van der Waals surface area contributed by atoms with Crippen LogP contribution in [0.15, 0.2) is 35.7 Å². The first-order valence-corrected chi connectivity index (χ1v) is 5.41. The van der Waals surface area contributed by atoms with Crippen molar-refractivity contribution in [3.8, 4) is 10.4 Å². The highest BCUT2D eigenvalue weighted by Gasteiger charge is 2.09. The Labute approximate surface area is 91.2 Å². The van der Waals surface area contributed by atoms with Gasteiger partial charge < -0.3 is 0 Å². The van der Waals surface area contributed by atoms with Crippen LogP contribution in [-0.2, 0) is 0 Å². The summed E-state index contributed by atoms with van der Waals surface area (Å²) in [4.78, 5) is 12.2. The first kappa shape index (κ1) is 10.1. The summed E-state index contributed by atoms with van der Waals surface area (Å²) >= 11 is 1.57. The van der Waals surface area contributed by atoms with E-state index in [0.29, 0.717) is 0 Å². The van der Waals surface area contributed by atoms with Gasteiger partial charge in [-0.05, 0) is 36.1 Å². The molecule has 2 rings (SSSR count). The fourth-order valence-electron chi connectivity index (χ4n) is 1.39. The van der Waals surface area contributed by atoms with Crippen molar-refractivity contribution >= 4 is 17.1 Å². The third-order valence-electron chi connectivity index (χ3n) is 2.15. The second kappa shape index (κ2) is 3.95. The van der Waals surface area contributed by atoms with Crippen LogP contribution >= 0.6 is 11.3 Å². The molecular formula is C12H9FOS. The molecule has 1 aromatic heterocycles. The van der Waals surface area contributed by atoms with Crippen molar-refractivity contribution < 1.29 is 9.18 Å². The van der Waals surface area contributed by atoms with Crippen molar-refractivity contribution in [2.45, 2.75) is 6.92 Å². The highest BCUT2D eigenvalue weighted by molar-refractivity contribution is 7.13. The van der Waals surface area contributed by atoms with E-state index < -0.39 is 5.82 Å². The van der Waals surface area contributed by atoms with Crippen LogP contribution in [0.1, 0.15) is 17.3 Å². The molecule has 1 aromatic carbocycles. The molecule has 0 amide bonds. The Balaban J connectivity index is 2.52. The van der Waals surface area contributed by atoms with E-state index in [1.54, 1.807) is 23.5 Å². The second-order valence-corrected chi connectivity index (χ2v) is 4.18. The van der Waals surface area contributed by atoms with E-state index in [4.69, 9.17) is 0 Å². The highest BCUT2D eigenvalue weighted by atomic mass is 32.1. The third kappa shape index (κ3) is 1.97. The molecule has 0 aliphatic carbocycles. The summed E-state index contributed by atoms with van der Waals surface area (Å²) in [7, 11) is 0. The first-order valence-electron chi connectivity index (χ1n) is 4.53. The molecule has 0 N–H and O–H groups in total. The molecule has 2 aromatic rings. The van der Waals surface area contributed by atoms with Gasteiger partial charge in [0.15, 0.2) is 5.78 Å². The monoisotopic (exact) mass is 220 g/mol. The fourth-order valence-corrected chi connectivity index (χ4v) is 2.12. The number of carbonyl (C=O) groups is 1. The lowest BCUT2D eigenvalue weighted by Gasteiger charge is -2.02. The number of hydrogen-bond donors (Lipinski definition) is 0. The van der Waals surface area contributed by atoms with Gasteiger partial charge in [-0.25, -0.2) is 4.39 Å². The van der Waals surface area contributed by atoms with E-state index in [9.17, 15) is 9.18 Å². The average molecular weight is 220 g/mol. The minimum absolute atomic E-state index is 0.154. The van der Waals surface area contributed by atoms with Crippen LogP contribution in [0.3, 0.4) is 0 Å². The molecular weight excluding hydrogens is 211 g/mol. The summed E-state index contributed by atoms with van der Waals surface area (Å²) in [6.45, 7) is 1.37. The van der Waals surface area contributed by atoms with Crippen molar-refractivity contribution in [1.82, 2.24) is 0 Å². The van der Waals surface area contributed by atoms with Crippen molar-refractivity contribution in [3.05, 3.63) is 47.1 Å². The summed E-state index contributed by atoms with van der Waals surface area (Å²) in [5.41, 5.74) is 1.04. The minimum Gasteiger partial charge on any atom is -0.294 e. The Morgan fingerprint density at radius 1 is 1.33 bits per heavy atom. The van der Waals surface area contributed by atoms with Gasteiger partial charge in [-0.15, -0.1) is 11.3 Å². The SMILES string of the molecule is CC(=O)c1cc(-c2cccs2)ccc1F. The molecule has 0 saturated heterocycles. The normalized spacial score (nSPS) is 10.3. The van der Waals surface area contributed by atoms with Gasteiger partial charge in [-0.2, -0.15) is 0 Å². The Kier molecular flexibility index (Phi) is 2.64. The molecule has 76 valence electrons. The summed E-state index contributed by atoms with van der Waals surface area (Å²) in [6.07, 6.45) is 0. The molecule has 0 fully saturated rings. The molecule has 3 heteroatoms. The zero-order chi connectivity index (χ0) is 10.8. The summed E-state index contributed by atoms with van der Waals surface area (Å²) in [6, 6.07) is 8.50. The van der Waals surface area contributed by atoms with Crippen molar-refractivity contribution in [2.75, 3.05) is 0 Å². The van der Waals surface area contributed by atoms with Gasteiger partial charge in [-0.3, -0.25) is 4.79 Å². The largest absolute Gasteiger partial charge is 0.294 e. The van der Waals surface area contributed by atoms with Gasteiger partial charge >= 0.3 is 0 Å². The minimum atomic E-state index is -0.456. The van der Waals surface area contributed by atoms with Crippen LogP contribution in [-0.4, -0.2) is 5.78 Å². The van der Waals surface area contributed by atoms with Gasteiger partial charge in [0.1, 0.15) is 5.82 Å². The lowest BCUT2D eigenvalue weighted by atomic mass is 10.1. The molecule has 0 atom stereocenters. The van der Waals surface area contributed by atoms with Crippen LogP contribution in [0, 0.1) is 5.82 Å². The summed E-state index contributed by atoms with van der Waals surface area (Å²) < 4.78 is 13.2. The lowest BCUT2D eigenvalue weighted by molar-refractivity contribution is 0.101. The molecule has 0 spiro atoms. The third-order valence-corrected chi connectivity index (χ3v) is 3.07. The van der Waals surface area contributed by atoms with Gasteiger partial charge in [0.25, 0.3) is 0 Å². The predicted octanol–water partition coefficient (Wildman–Crippen LogP) is 3.76. The maximum absolute atomic E-state index is 13.2. The molecule has 0 aliphatic rings. The van der Waals surface area contributed by atoms with E-state index >= 15 is 0 Å². The topological polar surface area (TPSA) is 17.1 Å². The Bertz CT molecular complexity index is 488. The Morgan fingerprint density at radius 2 is 2.13 bits per heavy atom. The smallest absolute Gasteiger partial charge is 0.162 e. The van der Waals surface area contributed by atoms with Gasteiger partial charge in [0.05, 0.1) is 5.56 Å². The molecule has 0 aliphatic heterocycles. The maximum atomic E-state index is 13.2. The average Bonchev–Trinajstić information content (AvgIpc) is 2.71. The van der Waals surface area contributed by atoms with E-state index in [2.05, 4.69) is 0 Å². The molecule has 0 bridgehead atoms. The molecule has 0 saturated carbocycles. The lowest BCUT2D eigenvalue weighted by Crippen LogP contribution is -1.96. The maximum Gasteiger partial charge on any atom is 0.162 e. The van der Waals surface area contributed by atoms with Crippen molar-refractivity contribution in [3.63, 3.8) is 0 Å². The van der Waals surface area contributed by atoms with Crippen LogP contribution in [0.4, 0.5) is 4.39 Å². The molecule has 0 radical (unpaired) electrons. The van der Waals surface area contributed by atoms with Crippen LogP contribution in [0.5, 0.6) is 0 Å². The molecule has 15 heavy (non-hydrogen) atoms. The standard InChI is InChI=1S/C12H9FOS/c1-8(14)10-7-9(4-5-11(10)13)12-3-2-6-15-12/h2-7H,1H3. The quantitative estimate of drug-likeness (QED) is 0.704. The number of rotatable bonds is 2. The first-order chi connectivity index (χ1) is 7.18. The molecule has 0 unspecified atom stereocenters. The van der Waals surface area contributed by atoms with Crippen LogP contribution < -0.4 is 0 Å². The van der Waals surface area contributed by atoms with E-state index in [0.717, 1.165) is 10.4 Å². The zero-order valence-electron chi connectivity index (χ0n) is 8.16. The molecule has 1 nitrogen and oxygen atoms in total. The van der Waals surface area contributed by atoms with Gasteiger partial charge in [0, 0.05) is 4.88 Å². The van der Waals surface area contributed by atoms with Crippen LogP contribution in [0.25, 0.3) is 10.4 Å². The van der Waals surface area contributed by atoms with E-state index in [-0.39, 0.29) is 11.3 Å². The van der Waals surface area contributed by atoms with Crippen molar-refractivity contribution in [2.24, 2.45) is 0 Å². The van der Waals surface area contributed by atoms with Crippen LogP contribution in [0.2, 0.25) is 0 Å². The number of Topliss-reactive ketones (excluding diaryl/α,β-unsaturated/α-hetero) is 1. The summed E-state index contributed by atoms with van der Waals surface area (Å²) in [5, 5.41) is 1.95. The number of hydrogen-bond acceptors (Lipinski definition) is 2. The van der Waals surface area contributed by atoms with Crippen molar-refractivity contribution in [1.29, 1.82) is 0 Å². The number of thiophene rings is 1. The highest BCUT2D eigenvalue weighted by Crippen LogP contribution is 2.26. The number of benzene rings is 1. The van der Waals surface area contributed by atoms with Gasteiger partial charge in [0.2, 0.25) is 0 Å². The zero-order valence-corrected chi connectivity index (χ0v) is 8.98. The summed E-state index contributed by atoms with van der Waals surface area (Å²) in [5.74, 6) is -0.700. The second-order valence-electron chi connectivity index (χ2n) is 3.23. The predicted molar refractivity (Wildman–Crippen MR) is 59.7 cm³/mol. The van der Waals surface area contributed by atoms with E-state index in [1.807, 2.05) is 17.5 Å². The Hall–Kier alpha value is -1.48. The Morgan fingerprint density at radius 3 is 2.73 bits per heavy atom. The van der Waals surface area contributed by atoms with E-state index in [1.165, 1.54) is 13.0 Å².